The van der Waals surface area contributed by atoms with Crippen molar-refractivity contribution in [2.24, 2.45) is 5.92 Å². The number of nitrogens with one attached hydrogen (secondary N) is 1. The van der Waals surface area contributed by atoms with Crippen LogP contribution in [0, 0.1) is 5.92 Å². The van der Waals surface area contributed by atoms with Crippen molar-refractivity contribution in [2.45, 2.75) is 57.8 Å². The molecule has 0 aliphatic carbocycles. The maximum Gasteiger partial charge on any atom is 0.227 e. The van der Waals surface area contributed by atoms with E-state index in [0.717, 1.165) is 30.0 Å². The van der Waals surface area contributed by atoms with Gasteiger partial charge in [0.2, 0.25) is 11.8 Å². The van der Waals surface area contributed by atoms with Crippen molar-refractivity contribution in [3.63, 3.8) is 0 Å². The van der Waals surface area contributed by atoms with Crippen LogP contribution in [0.4, 0.5) is 0 Å². The molecule has 2 aliphatic rings. The van der Waals surface area contributed by atoms with Gasteiger partial charge in [-0.2, -0.15) is 9.61 Å². The fourth-order valence-corrected chi connectivity index (χ4v) is 4.02. The third-order valence-electron chi connectivity index (χ3n) is 5.84. The van der Waals surface area contributed by atoms with Crippen LogP contribution in [-0.2, 0) is 15.0 Å². The Balaban J connectivity index is 1.45. The van der Waals surface area contributed by atoms with Gasteiger partial charge in [-0.3, -0.25) is 9.59 Å². The van der Waals surface area contributed by atoms with Crippen molar-refractivity contribution in [3.05, 3.63) is 23.7 Å². The molecule has 0 radical (unpaired) electrons. The summed E-state index contributed by atoms with van der Waals surface area (Å²) in [5.74, 6) is 1.26. The normalized spacial score (nSPS) is 21.8. The monoisotopic (exact) mass is 384 g/mol. The standard InChI is InChI=1S/C20H28N6O2/c1-20(2,3)15-5-6-16-22-23-18(26(16)24-15)13-8-10-25(11-9-13)19(28)14-4-7-17(27)21-12-14/h5-6,13-14H,4,7-12H2,1-3H3,(H,21,27). The molecule has 1 atom stereocenters. The van der Waals surface area contributed by atoms with Crippen LogP contribution in [0.25, 0.3) is 5.65 Å². The molecule has 4 heterocycles. The number of carbonyl (C=O) groups excluding carboxylic acids is 2. The van der Waals surface area contributed by atoms with Crippen LogP contribution in [0.15, 0.2) is 12.1 Å². The average Bonchev–Trinajstić information content (AvgIpc) is 3.11. The molecule has 2 saturated heterocycles. The highest BCUT2D eigenvalue weighted by Crippen LogP contribution is 2.29. The van der Waals surface area contributed by atoms with E-state index in [9.17, 15) is 9.59 Å². The first-order valence-corrected chi connectivity index (χ1v) is 10.1. The highest BCUT2D eigenvalue weighted by atomic mass is 16.2. The molecule has 2 aromatic rings. The third kappa shape index (κ3) is 3.59. The molecule has 2 aliphatic heterocycles. The zero-order chi connectivity index (χ0) is 19.9. The predicted octanol–water partition coefficient (Wildman–Crippen LogP) is 1.65. The molecule has 1 N–H and O–H groups in total. The van der Waals surface area contributed by atoms with Crippen molar-refractivity contribution >= 4 is 17.5 Å². The molecule has 8 heteroatoms. The van der Waals surface area contributed by atoms with Gasteiger partial charge in [-0.1, -0.05) is 20.8 Å². The second-order valence-corrected chi connectivity index (χ2v) is 8.94. The van der Waals surface area contributed by atoms with Crippen LogP contribution >= 0.6 is 0 Å². The van der Waals surface area contributed by atoms with Gasteiger partial charge in [0.05, 0.1) is 11.6 Å². The average molecular weight is 384 g/mol. The van der Waals surface area contributed by atoms with E-state index in [4.69, 9.17) is 5.10 Å². The number of amides is 2. The number of hydrogen-bond donors (Lipinski definition) is 1. The van der Waals surface area contributed by atoms with Crippen molar-refractivity contribution in [3.8, 4) is 0 Å². The second-order valence-electron chi connectivity index (χ2n) is 8.94. The quantitative estimate of drug-likeness (QED) is 0.850. The lowest BCUT2D eigenvalue weighted by atomic mass is 9.92. The van der Waals surface area contributed by atoms with E-state index < -0.39 is 0 Å². The van der Waals surface area contributed by atoms with E-state index in [0.29, 0.717) is 32.5 Å². The summed E-state index contributed by atoms with van der Waals surface area (Å²) in [7, 11) is 0. The molecule has 2 fully saturated rings. The number of hydrogen-bond acceptors (Lipinski definition) is 5. The SMILES string of the molecule is CC(C)(C)c1ccc2nnc(C3CCN(C(=O)C4CCC(=O)NC4)CC3)n2n1. The second kappa shape index (κ2) is 7.14. The lowest BCUT2D eigenvalue weighted by Gasteiger charge is -2.34. The molecule has 150 valence electrons. The van der Waals surface area contributed by atoms with Crippen molar-refractivity contribution in [1.29, 1.82) is 0 Å². The fourth-order valence-electron chi connectivity index (χ4n) is 4.02. The smallest absolute Gasteiger partial charge is 0.227 e. The zero-order valence-electron chi connectivity index (χ0n) is 16.8. The van der Waals surface area contributed by atoms with E-state index in [1.807, 2.05) is 21.5 Å². The van der Waals surface area contributed by atoms with Crippen molar-refractivity contribution < 1.29 is 9.59 Å². The molecule has 0 spiro atoms. The minimum Gasteiger partial charge on any atom is -0.355 e. The maximum atomic E-state index is 12.7. The minimum absolute atomic E-state index is 0.0407. The van der Waals surface area contributed by atoms with E-state index >= 15 is 0 Å². The largest absolute Gasteiger partial charge is 0.355 e. The van der Waals surface area contributed by atoms with E-state index in [1.165, 1.54) is 0 Å². The number of piperidine rings is 2. The summed E-state index contributed by atoms with van der Waals surface area (Å²) in [6, 6.07) is 3.98. The molecular weight excluding hydrogens is 356 g/mol. The Hall–Kier alpha value is -2.51. The molecule has 8 nitrogen and oxygen atoms in total. The van der Waals surface area contributed by atoms with E-state index in [-0.39, 0.29) is 29.1 Å². The van der Waals surface area contributed by atoms with Gasteiger partial charge in [0.1, 0.15) is 0 Å². The summed E-state index contributed by atoms with van der Waals surface area (Å²) in [5, 5.41) is 16.3. The number of nitrogens with zero attached hydrogens (tertiary/aromatic N) is 5. The van der Waals surface area contributed by atoms with Gasteiger partial charge >= 0.3 is 0 Å². The van der Waals surface area contributed by atoms with Crippen LogP contribution in [0.1, 0.15) is 63.9 Å². The van der Waals surface area contributed by atoms with Crippen LogP contribution < -0.4 is 5.32 Å². The van der Waals surface area contributed by atoms with E-state index in [1.54, 1.807) is 0 Å². The van der Waals surface area contributed by atoms with Crippen LogP contribution in [0.5, 0.6) is 0 Å². The summed E-state index contributed by atoms with van der Waals surface area (Å²) in [4.78, 5) is 26.0. The number of rotatable bonds is 2. The van der Waals surface area contributed by atoms with Gasteiger partial charge in [-0.15, -0.1) is 10.2 Å². The Kier molecular flexibility index (Phi) is 4.81. The highest BCUT2D eigenvalue weighted by Gasteiger charge is 2.32. The summed E-state index contributed by atoms with van der Waals surface area (Å²) >= 11 is 0. The topological polar surface area (TPSA) is 92.5 Å². The fraction of sp³-hybridized carbons (Fsp3) is 0.650. The Morgan fingerprint density at radius 3 is 2.54 bits per heavy atom. The Labute approximate surface area is 164 Å². The summed E-state index contributed by atoms with van der Waals surface area (Å²) in [6.07, 6.45) is 2.80. The van der Waals surface area contributed by atoms with Crippen molar-refractivity contribution in [1.82, 2.24) is 30.0 Å². The first-order chi connectivity index (χ1) is 13.3. The third-order valence-corrected chi connectivity index (χ3v) is 5.84. The molecule has 4 rings (SSSR count). The molecule has 1 unspecified atom stereocenters. The van der Waals surface area contributed by atoms with Crippen LogP contribution in [-0.4, -0.2) is 56.2 Å². The lowest BCUT2D eigenvalue weighted by molar-refractivity contribution is -0.138. The summed E-state index contributed by atoms with van der Waals surface area (Å²) in [6.45, 7) is 8.31. The van der Waals surface area contributed by atoms with Gasteiger partial charge in [-0.05, 0) is 31.4 Å². The minimum atomic E-state index is -0.0841. The zero-order valence-corrected chi connectivity index (χ0v) is 16.8. The van der Waals surface area contributed by atoms with Crippen LogP contribution in [0.3, 0.4) is 0 Å². The van der Waals surface area contributed by atoms with Crippen molar-refractivity contribution in [2.75, 3.05) is 19.6 Å². The number of aromatic nitrogens is 4. The number of fused-ring (bicyclic) bond motifs is 1. The molecule has 0 bridgehead atoms. The predicted molar refractivity (Wildman–Crippen MR) is 104 cm³/mol. The highest BCUT2D eigenvalue weighted by molar-refractivity contribution is 5.83. The molecular formula is C20H28N6O2. The molecule has 0 saturated carbocycles. The van der Waals surface area contributed by atoms with Gasteiger partial charge < -0.3 is 10.2 Å². The lowest BCUT2D eigenvalue weighted by Crippen LogP contribution is -2.47. The summed E-state index contributed by atoms with van der Waals surface area (Å²) in [5.41, 5.74) is 1.73. The maximum absolute atomic E-state index is 12.7. The van der Waals surface area contributed by atoms with E-state index in [2.05, 4.69) is 36.3 Å². The molecule has 2 amide bonds. The van der Waals surface area contributed by atoms with Gasteiger partial charge in [-0.25, -0.2) is 0 Å². The Morgan fingerprint density at radius 2 is 1.89 bits per heavy atom. The Bertz CT molecular complexity index is 882. The molecule has 0 aromatic carbocycles. The number of likely N-dealkylation sites (tertiary alicyclic amines) is 1. The first kappa shape index (κ1) is 18.8. The van der Waals surface area contributed by atoms with Crippen LogP contribution in [0.2, 0.25) is 0 Å². The molecule has 2 aromatic heterocycles. The molecule has 28 heavy (non-hydrogen) atoms. The van der Waals surface area contributed by atoms with Gasteiger partial charge in [0.25, 0.3) is 0 Å². The van der Waals surface area contributed by atoms with Gasteiger partial charge in [0.15, 0.2) is 11.5 Å². The Morgan fingerprint density at radius 1 is 1.14 bits per heavy atom. The first-order valence-electron chi connectivity index (χ1n) is 10.1. The number of carbonyl (C=O) groups is 2. The van der Waals surface area contributed by atoms with Gasteiger partial charge in [0, 0.05) is 37.4 Å². The summed E-state index contributed by atoms with van der Waals surface area (Å²) < 4.78 is 1.87.